The van der Waals surface area contributed by atoms with Crippen molar-refractivity contribution in [1.29, 1.82) is 0 Å². The van der Waals surface area contributed by atoms with E-state index in [2.05, 4.69) is 25.9 Å². The number of rotatable bonds is 5. The van der Waals surface area contributed by atoms with Gasteiger partial charge in [-0.2, -0.15) is 9.40 Å². The topological polar surface area (TPSA) is 55.2 Å². The maximum absolute atomic E-state index is 12.7. The third kappa shape index (κ3) is 3.42. The molecule has 0 unspecified atom stereocenters. The predicted molar refractivity (Wildman–Crippen MR) is 89.6 cm³/mol. The van der Waals surface area contributed by atoms with Crippen molar-refractivity contribution >= 4 is 21.4 Å². The minimum atomic E-state index is -3.47. The summed E-state index contributed by atoms with van der Waals surface area (Å²) in [5, 5.41) is 4.18. The maximum atomic E-state index is 12.7. The Labute approximate surface area is 136 Å². The Morgan fingerprint density at radius 3 is 2.50 bits per heavy atom. The highest BCUT2D eigenvalue weighted by Crippen LogP contribution is 2.33. The number of hydrogen-bond donors (Lipinski definition) is 0. The van der Waals surface area contributed by atoms with Crippen molar-refractivity contribution in [2.24, 2.45) is 0 Å². The molecule has 0 saturated heterocycles. The third-order valence-corrected chi connectivity index (χ3v) is 7.26. The summed E-state index contributed by atoms with van der Waals surface area (Å²) >= 11 is 1.35. The van der Waals surface area contributed by atoms with E-state index in [0.717, 1.165) is 17.1 Å². The molecule has 0 N–H and O–H groups in total. The molecular weight excluding hydrogens is 318 g/mol. The molecule has 0 atom stereocenters. The molecule has 0 aliphatic rings. The summed E-state index contributed by atoms with van der Waals surface area (Å²) in [4.78, 5) is 1.07. The number of thiophene rings is 1. The van der Waals surface area contributed by atoms with Crippen molar-refractivity contribution in [2.75, 3.05) is 7.05 Å². The van der Waals surface area contributed by atoms with Gasteiger partial charge in [0, 0.05) is 24.7 Å². The summed E-state index contributed by atoms with van der Waals surface area (Å²) in [5.41, 5.74) is 0.846. The van der Waals surface area contributed by atoms with Crippen LogP contribution >= 0.6 is 11.3 Å². The summed E-state index contributed by atoms with van der Waals surface area (Å²) in [6, 6.07) is 5.46. The lowest BCUT2D eigenvalue weighted by Crippen LogP contribution is -2.27. The molecule has 0 fully saturated rings. The molecule has 122 valence electrons. The predicted octanol–water partition coefficient (Wildman–Crippen LogP) is 3.08. The van der Waals surface area contributed by atoms with Crippen LogP contribution in [0.5, 0.6) is 0 Å². The molecule has 2 aromatic rings. The lowest BCUT2D eigenvalue weighted by atomic mass is 9.95. The normalized spacial score (nSPS) is 13.0. The molecule has 7 heteroatoms. The number of aryl methyl sites for hydroxylation is 1. The van der Waals surface area contributed by atoms with Gasteiger partial charge in [-0.3, -0.25) is 4.68 Å². The second kappa shape index (κ2) is 6.14. The summed E-state index contributed by atoms with van der Waals surface area (Å²) in [6.45, 7) is 9.28. The van der Waals surface area contributed by atoms with E-state index in [1.807, 2.05) is 19.1 Å². The van der Waals surface area contributed by atoms with Crippen LogP contribution in [-0.4, -0.2) is 29.6 Å². The van der Waals surface area contributed by atoms with E-state index in [4.69, 9.17) is 0 Å². The largest absolute Gasteiger partial charge is 0.269 e. The Hall–Kier alpha value is -1.18. The van der Waals surface area contributed by atoms with E-state index in [0.29, 0.717) is 10.8 Å². The molecule has 0 aromatic carbocycles. The van der Waals surface area contributed by atoms with Gasteiger partial charge in [0.25, 0.3) is 10.0 Å². The zero-order valence-electron chi connectivity index (χ0n) is 13.7. The fourth-order valence-corrected chi connectivity index (χ4v) is 4.82. The molecule has 2 rings (SSSR count). The SMILES string of the molecule is CCn1nccc1CN(C)S(=O)(=O)c1ccc(C(C)(C)C)s1. The number of sulfonamides is 1. The maximum Gasteiger partial charge on any atom is 0.252 e. The summed E-state index contributed by atoms with van der Waals surface area (Å²) in [7, 11) is -1.86. The Balaban J connectivity index is 2.24. The van der Waals surface area contributed by atoms with E-state index in [-0.39, 0.29) is 5.41 Å². The van der Waals surface area contributed by atoms with Crippen molar-refractivity contribution in [2.45, 2.75) is 50.4 Å². The van der Waals surface area contributed by atoms with E-state index in [9.17, 15) is 8.42 Å². The van der Waals surface area contributed by atoms with Crippen molar-refractivity contribution in [1.82, 2.24) is 14.1 Å². The van der Waals surface area contributed by atoms with Crippen molar-refractivity contribution in [3.63, 3.8) is 0 Å². The van der Waals surface area contributed by atoms with Crippen LogP contribution in [-0.2, 0) is 28.5 Å². The van der Waals surface area contributed by atoms with Crippen LogP contribution in [0.4, 0.5) is 0 Å². The Kier molecular flexibility index (Phi) is 4.79. The molecule has 0 amide bonds. The molecule has 0 bridgehead atoms. The van der Waals surface area contributed by atoms with Crippen LogP contribution in [0.25, 0.3) is 0 Å². The lowest BCUT2D eigenvalue weighted by Gasteiger charge is -2.17. The highest BCUT2D eigenvalue weighted by Gasteiger charge is 2.26. The van der Waals surface area contributed by atoms with Crippen molar-refractivity contribution in [3.8, 4) is 0 Å². The molecule has 22 heavy (non-hydrogen) atoms. The molecule has 0 aliphatic heterocycles. The number of hydrogen-bond acceptors (Lipinski definition) is 4. The van der Waals surface area contributed by atoms with Crippen LogP contribution in [0.3, 0.4) is 0 Å². The van der Waals surface area contributed by atoms with E-state index >= 15 is 0 Å². The molecule has 2 heterocycles. The molecule has 0 spiro atoms. The van der Waals surface area contributed by atoms with Crippen LogP contribution in [0.15, 0.2) is 28.6 Å². The minimum Gasteiger partial charge on any atom is -0.269 e. The fraction of sp³-hybridized carbons (Fsp3) is 0.533. The van der Waals surface area contributed by atoms with Crippen LogP contribution in [0.2, 0.25) is 0 Å². The number of nitrogens with zero attached hydrogens (tertiary/aromatic N) is 3. The zero-order chi connectivity index (χ0) is 16.5. The molecular formula is C15H23N3O2S2. The molecule has 0 saturated carbocycles. The highest BCUT2D eigenvalue weighted by atomic mass is 32.2. The van der Waals surface area contributed by atoms with E-state index < -0.39 is 10.0 Å². The Bertz CT molecular complexity index is 739. The van der Waals surface area contributed by atoms with Crippen LogP contribution < -0.4 is 0 Å². The number of aromatic nitrogens is 2. The second-order valence-corrected chi connectivity index (χ2v) is 9.62. The van der Waals surface area contributed by atoms with Gasteiger partial charge in [-0.05, 0) is 30.5 Å². The highest BCUT2D eigenvalue weighted by molar-refractivity contribution is 7.91. The summed E-state index contributed by atoms with van der Waals surface area (Å²) < 4.78 is 29.0. The van der Waals surface area contributed by atoms with Crippen LogP contribution in [0, 0.1) is 0 Å². The van der Waals surface area contributed by atoms with Gasteiger partial charge >= 0.3 is 0 Å². The molecule has 2 aromatic heterocycles. The molecule has 5 nitrogen and oxygen atoms in total. The van der Waals surface area contributed by atoms with E-state index in [1.165, 1.54) is 15.6 Å². The fourth-order valence-electron chi connectivity index (χ4n) is 2.11. The minimum absolute atomic E-state index is 0.0438. The van der Waals surface area contributed by atoms with E-state index in [1.54, 1.807) is 24.0 Å². The molecule has 0 aliphatic carbocycles. The third-order valence-electron chi connectivity index (χ3n) is 3.47. The average Bonchev–Trinajstić information content (AvgIpc) is 3.06. The summed E-state index contributed by atoms with van der Waals surface area (Å²) in [5.74, 6) is 0. The second-order valence-electron chi connectivity index (χ2n) is 6.27. The Morgan fingerprint density at radius 2 is 1.95 bits per heavy atom. The van der Waals surface area contributed by atoms with Crippen LogP contribution in [0.1, 0.15) is 38.3 Å². The first-order valence-corrected chi connectivity index (χ1v) is 9.49. The first-order valence-electron chi connectivity index (χ1n) is 7.23. The summed E-state index contributed by atoms with van der Waals surface area (Å²) in [6.07, 6.45) is 1.70. The monoisotopic (exact) mass is 341 g/mol. The van der Waals surface area contributed by atoms with Gasteiger partial charge in [0.15, 0.2) is 0 Å². The van der Waals surface area contributed by atoms with Gasteiger partial charge in [-0.1, -0.05) is 20.8 Å². The van der Waals surface area contributed by atoms with Crippen molar-refractivity contribution < 1.29 is 8.42 Å². The first kappa shape index (κ1) is 17.2. The van der Waals surface area contributed by atoms with Crippen molar-refractivity contribution in [3.05, 3.63) is 35.0 Å². The zero-order valence-corrected chi connectivity index (χ0v) is 15.3. The average molecular weight is 342 g/mol. The quantitative estimate of drug-likeness (QED) is 0.840. The lowest BCUT2D eigenvalue weighted by molar-refractivity contribution is 0.448. The van der Waals surface area contributed by atoms with Gasteiger partial charge in [0.05, 0.1) is 12.2 Å². The van der Waals surface area contributed by atoms with Gasteiger partial charge in [0.2, 0.25) is 0 Å². The van der Waals surface area contributed by atoms with Gasteiger partial charge in [0.1, 0.15) is 4.21 Å². The Morgan fingerprint density at radius 1 is 1.27 bits per heavy atom. The first-order chi connectivity index (χ1) is 10.2. The van der Waals surface area contributed by atoms with Gasteiger partial charge < -0.3 is 0 Å². The van der Waals surface area contributed by atoms with Gasteiger partial charge in [-0.25, -0.2) is 8.42 Å². The standard InChI is InChI=1S/C15H23N3O2S2/c1-6-18-12(9-10-16-18)11-17(5)22(19,20)14-8-7-13(21-14)15(2,3)4/h7-10H,6,11H2,1-5H3. The molecule has 0 radical (unpaired) electrons. The smallest absolute Gasteiger partial charge is 0.252 e. The van der Waals surface area contributed by atoms with Gasteiger partial charge in [-0.15, -0.1) is 11.3 Å².